The van der Waals surface area contributed by atoms with Crippen molar-refractivity contribution in [3.63, 3.8) is 0 Å². The summed E-state index contributed by atoms with van der Waals surface area (Å²) in [6.07, 6.45) is 6.48. The Morgan fingerprint density at radius 1 is 1.22 bits per heavy atom. The number of nitrogens with zero attached hydrogens (tertiary/aromatic N) is 1. The molecular weight excluding hydrogens is 306 g/mol. The molecule has 0 saturated carbocycles. The first kappa shape index (κ1) is 16.1. The molecule has 0 N–H and O–H groups in total. The highest BCUT2D eigenvalue weighted by Gasteiger charge is 2.11. The average Bonchev–Trinajstić information content (AvgIpc) is 2.56. The van der Waals surface area contributed by atoms with Crippen molar-refractivity contribution < 1.29 is 4.74 Å². The fourth-order valence-electron chi connectivity index (χ4n) is 2.83. The van der Waals surface area contributed by atoms with Gasteiger partial charge in [-0.3, -0.25) is 4.90 Å². The lowest BCUT2D eigenvalue weighted by molar-refractivity contribution is 0.287. The molecule has 2 aromatic rings. The number of hydrogen-bond donors (Lipinski definition) is 0. The van der Waals surface area contributed by atoms with Gasteiger partial charge in [-0.1, -0.05) is 54.1 Å². The van der Waals surface area contributed by atoms with E-state index in [4.69, 9.17) is 16.3 Å². The van der Waals surface area contributed by atoms with Crippen LogP contribution in [0.2, 0.25) is 5.02 Å². The van der Waals surface area contributed by atoms with Crippen LogP contribution in [0.1, 0.15) is 23.1 Å². The Bertz CT molecular complexity index is 696. The molecule has 3 heteroatoms. The van der Waals surface area contributed by atoms with Gasteiger partial charge in [0, 0.05) is 18.1 Å². The molecule has 1 aliphatic rings. The maximum absolute atomic E-state index is 6.16. The first-order chi connectivity index (χ1) is 11.2. The minimum absolute atomic E-state index is 0.790. The van der Waals surface area contributed by atoms with E-state index in [0.29, 0.717) is 0 Å². The summed E-state index contributed by atoms with van der Waals surface area (Å²) in [6.45, 7) is 2.62. The molecular formula is C20H22ClNO. The maximum Gasteiger partial charge on any atom is 0.122 e. The topological polar surface area (TPSA) is 12.5 Å². The van der Waals surface area contributed by atoms with Gasteiger partial charge >= 0.3 is 0 Å². The molecule has 2 nitrogen and oxygen atoms in total. The van der Waals surface area contributed by atoms with Gasteiger partial charge in [0.05, 0.1) is 6.61 Å². The largest absolute Gasteiger partial charge is 0.493 e. The molecule has 3 rings (SSSR count). The van der Waals surface area contributed by atoms with E-state index in [1.54, 1.807) is 0 Å². The minimum Gasteiger partial charge on any atom is -0.493 e. The van der Waals surface area contributed by atoms with E-state index in [2.05, 4.69) is 42.3 Å². The van der Waals surface area contributed by atoms with Gasteiger partial charge in [0.25, 0.3) is 0 Å². The third-order valence-corrected chi connectivity index (χ3v) is 4.40. The summed E-state index contributed by atoms with van der Waals surface area (Å²) in [5.41, 5.74) is 3.69. The molecule has 0 amide bonds. The molecule has 1 aliphatic heterocycles. The van der Waals surface area contributed by atoms with Crippen molar-refractivity contribution in [1.82, 2.24) is 4.90 Å². The molecule has 0 fully saturated rings. The number of fused-ring (bicyclic) bond motifs is 1. The predicted octanol–water partition coefficient (Wildman–Crippen LogP) is 4.81. The molecule has 2 aromatic carbocycles. The van der Waals surface area contributed by atoms with Crippen LogP contribution in [0.5, 0.6) is 5.75 Å². The second kappa shape index (κ2) is 7.67. The highest BCUT2D eigenvalue weighted by molar-refractivity contribution is 6.32. The molecule has 0 saturated heterocycles. The van der Waals surface area contributed by atoms with Gasteiger partial charge < -0.3 is 4.74 Å². The van der Waals surface area contributed by atoms with E-state index in [9.17, 15) is 0 Å². The van der Waals surface area contributed by atoms with Gasteiger partial charge in [0.2, 0.25) is 0 Å². The third-order valence-electron chi connectivity index (χ3n) is 4.05. The molecule has 1 heterocycles. The minimum atomic E-state index is 0.790. The Labute approximate surface area is 143 Å². The van der Waals surface area contributed by atoms with Crippen LogP contribution in [0.4, 0.5) is 0 Å². The Hall–Kier alpha value is -1.77. The Kier molecular flexibility index (Phi) is 5.37. The summed E-state index contributed by atoms with van der Waals surface area (Å²) in [4.78, 5) is 2.28. The molecule has 0 bridgehead atoms. The van der Waals surface area contributed by atoms with Crippen LogP contribution in [0.3, 0.4) is 0 Å². The number of rotatable bonds is 5. The second-order valence-corrected chi connectivity index (χ2v) is 6.42. The van der Waals surface area contributed by atoms with Crippen molar-refractivity contribution in [2.24, 2.45) is 0 Å². The number of likely N-dealkylation sites (N-methyl/N-ethyl adjacent to an activating group) is 1. The Morgan fingerprint density at radius 2 is 2.09 bits per heavy atom. The quantitative estimate of drug-likeness (QED) is 0.781. The van der Waals surface area contributed by atoms with Crippen molar-refractivity contribution in [3.8, 4) is 5.75 Å². The summed E-state index contributed by atoms with van der Waals surface area (Å²) in [7, 11) is 2.12. The normalized spacial score (nSPS) is 14.0. The average molecular weight is 328 g/mol. The highest BCUT2D eigenvalue weighted by Crippen LogP contribution is 2.26. The fourth-order valence-corrected chi connectivity index (χ4v) is 3.03. The molecule has 23 heavy (non-hydrogen) atoms. The lowest BCUT2D eigenvalue weighted by Crippen LogP contribution is -2.18. The standard InChI is InChI=1S/C20H22ClNO/c1-22(12-4-7-17-6-2-3-9-19(17)21)15-16-10-11-18-8-5-13-23-20(18)14-16/h2-4,6-7,9-11,14H,5,8,12-13,15H2,1H3. The van der Waals surface area contributed by atoms with Crippen LogP contribution in [0, 0.1) is 0 Å². The molecule has 0 aromatic heterocycles. The number of hydrogen-bond acceptors (Lipinski definition) is 2. The molecule has 0 spiro atoms. The van der Waals surface area contributed by atoms with Gasteiger partial charge in [-0.2, -0.15) is 0 Å². The first-order valence-electron chi connectivity index (χ1n) is 8.06. The van der Waals surface area contributed by atoms with E-state index >= 15 is 0 Å². The Balaban J connectivity index is 1.57. The third kappa shape index (κ3) is 4.37. The zero-order valence-corrected chi connectivity index (χ0v) is 14.2. The zero-order valence-electron chi connectivity index (χ0n) is 13.5. The summed E-state index contributed by atoms with van der Waals surface area (Å²) in [5.74, 6) is 1.06. The van der Waals surface area contributed by atoms with Gasteiger partial charge in [-0.25, -0.2) is 0 Å². The van der Waals surface area contributed by atoms with Crippen LogP contribution in [0.25, 0.3) is 6.08 Å². The van der Waals surface area contributed by atoms with Crippen LogP contribution < -0.4 is 4.74 Å². The van der Waals surface area contributed by atoms with Crippen LogP contribution in [-0.2, 0) is 13.0 Å². The lowest BCUT2D eigenvalue weighted by atomic mass is 10.0. The zero-order chi connectivity index (χ0) is 16.1. The van der Waals surface area contributed by atoms with E-state index in [0.717, 1.165) is 48.9 Å². The molecule has 120 valence electrons. The highest BCUT2D eigenvalue weighted by atomic mass is 35.5. The van der Waals surface area contributed by atoms with E-state index in [1.807, 2.05) is 24.3 Å². The van der Waals surface area contributed by atoms with Crippen molar-refractivity contribution in [2.75, 3.05) is 20.2 Å². The summed E-state index contributed by atoms with van der Waals surface area (Å²) in [6, 6.07) is 14.5. The number of benzene rings is 2. The van der Waals surface area contributed by atoms with Crippen molar-refractivity contribution >= 4 is 17.7 Å². The van der Waals surface area contributed by atoms with E-state index in [1.165, 1.54) is 11.1 Å². The van der Waals surface area contributed by atoms with E-state index < -0.39 is 0 Å². The second-order valence-electron chi connectivity index (χ2n) is 6.01. The number of halogens is 1. The molecule has 0 radical (unpaired) electrons. The lowest BCUT2D eigenvalue weighted by Gasteiger charge is -2.20. The summed E-state index contributed by atoms with van der Waals surface area (Å²) < 4.78 is 5.75. The van der Waals surface area contributed by atoms with Crippen molar-refractivity contribution in [3.05, 3.63) is 70.3 Å². The van der Waals surface area contributed by atoms with Gasteiger partial charge in [-0.05, 0) is 48.7 Å². The molecule has 0 atom stereocenters. The van der Waals surface area contributed by atoms with Crippen LogP contribution in [0.15, 0.2) is 48.5 Å². The van der Waals surface area contributed by atoms with Gasteiger partial charge in [-0.15, -0.1) is 0 Å². The Morgan fingerprint density at radius 3 is 2.96 bits per heavy atom. The van der Waals surface area contributed by atoms with Crippen molar-refractivity contribution in [1.29, 1.82) is 0 Å². The van der Waals surface area contributed by atoms with Gasteiger partial charge in [0.15, 0.2) is 0 Å². The van der Waals surface area contributed by atoms with Crippen molar-refractivity contribution in [2.45, 2.75) is 19.4 Å². The molecule has 0 aliphatic carbocycles. The monoisotopic (exact) mass is 327 g/mol. The van der Waals surface area contributed by atoms with Crippen LogP contribution >= 0.6 is 11.6 Å². The summed E-state index contributed by atoms with van der Waals surface area (Å²) >= 11 is 6.16. The van der Waals surface area contributed by atoms with Gasteiger partial charge in [0.1, 0.15) is 5.75 Å². The predicted molar refractivity (Wildman–Crippen MR) is 97.1 cm³/mol. The van der Waals surface area contributed by atoms with E-state index in [-0.39, 0.29) is 0 Å². The SMILES string of the molecule is CN(CC=Cc1ccccc1Cl)Cc1ccc2c(c1)OCCC2. The number of ether oxygens (including phenoxy) is 1. The smallest absolute Gasteiger partial charge is 0.122 e. The number of aryl methyl sites for hydroxylation is 1. The molecule has 0 unspecified atom stereocenters. The maximum atomic E-state index is 6.16. The fraction of sp³-hybridized carbons (Fsp3) is 0.300. The summed E-state index contributed by atoms with van der Waals surface area (Å²) in [5, 5.41) is 0.790. The van der Waals surface area contributed by atoms with Crippen LogP contribution in [-0.4, -0.2) is 25.1 Å². The first-order valence-corrected chi connectivity index (χ1v) is 8.44.